The number of amides is 1. The second-order valence-corrected chi connectivity index (χ2v) is 8.32. The van der Waals surface area contributed by atoms with Crippen molar-refractivity contribution < 1.29 is 22.7 Å². The number of hydrogen-bond acceptors (Lipinski definition) is 6. The molecule has 1 amide bonds. The number of aliphatic imine (C=N–C) groups is 1. The third kappa shape index (κ3) is 4.96. The molecule has 1 N–H and O–H groups in total. The zero-order chi connectivity index (χ0) is 24.4. The van der Waals surface area contributed by atoms with Gasteiger partial charge in [0.25, 0.3) is 5.91 Å². The number of hydrogen-bond donors (Lipinski definition) is 1. The topological polar surface area (TPSA) is 79.7 Å². The van der Waals surface area contributed by atoms with Gasteiger partial charge in [-0.2, -0.15) is 13.2 Å². The highest BCUT2D eigenvalue weighted by atomic mass is 19.4. The van der Waals surface area contributed by atoms with E-state index in [9.17, 15) is 18.0 Å². The maximum Gasteiger partial charge on any atom is 0.416 e. The number of fused-ring (bicyclic) bond motifs is 1. The van der Waals surface area contributed by atoms with Gasteiger partial charge >= 0.3 is 6.18 Å². The van der Waals surface area contributed by atoms with Gasteiger partial charge in [-0.05, 0) is 47.9 Å². The summed E-state index contributed by atoms with van der Waals surface area (Å²) in [6.45, 7) is 2.14. The van der Waals surface area contributed by atoms with Crippen LogP contribution in [0, 0.1) is 0 Å². The number of amidine groups is 1. The summed E-state index contributed by atoms with van der Waals surface area (Å²) in [5.74, 6) is 1.22. The monoisotopic (exact) mass is 481 g/mol. The minimum atomic E-state index is -4.38. The molecule has 2 aliphatic heterocycles. The molecular weight excluding hydrogens is 459 g/mol. The molecule has 180 valence electrons. The van der Waals surface area contributed by atoms with E-state index in [1.807, 2.05) is 18.2 Å². The second kappa shape index (κ2) is 9.36. The van der Waals surface area contributed by atoms with Crippen LogP contribution in [0.4, 0.5) is 13.2 Å². The normalized spacial score (nSPS) is 17.7. The van der Waals surface area contributed by atoms with Gasteiger partial charge in [0, 0.05) is 31.5 Å². The zero-order valence-electron chi connectivity index (χ0n) is 18.6. The summed E-state index contributed by atoms with van der Waals surface area (Å²) in [7, 11) is 0. The van der Waals surface area contributed by atoms with Crippen molar-refractivity contribution in [1.82, 2.24) is 20.2 Å². The smallest absolute Gasteiger partial charge is 0.416 e. The van der Waals surface area contributed by atoms with Crippen molar-refractivity contribution in [3.05, 3.63) is 77.9 Å². The van der Waals surface area contributed by atoms with Gasteiger partial charge in [0.15, 0.2) is 0 Å². The third-order valence-electron chi connectivity index (χ3n) is 5.97. The van der Waals surface area contributed by atoms with Crippen LogP contribution in [0.2, 0.25) is 0 Å². The predicted molar refractivity (Wildman–Crippen MR) is 123 cm³/mol. The molecule has 2 aromatic carbocycles. The van der Waals surface area contributed by atoms with Crippen molar-refractivity contribution in [3.63, 3.8) is 0 Å². The fourth-order valence-electron chi connectivity index (χ4n) is 4.26. The number of nitrogens with zero attached hydrogens (tertiary/aromatic N) is 4. The number of likely N-dealkylation sites (tertiary alicyclic amines) is 1. The number of carbonyl (C=O) groups is 1. The number of benzene rings is 2. The summed E-state index contributed by atoms with van der Waals surface area (Å²) in [6.07, 6.45) is -0.608. The van der Waals surface area contributed by atoms with Crippen molar-refractivity contribution in [3.8, 4) is 16.9 Å². The van der Waals surface area contributed by atoms with Gasteiger partial charge in [-0.25, -0.2) is 9.97 Å². The number of aromatic nitrogens is 2. The van der Waals surface area contributed by atoms with Crippen LogP contribution in [-0.4, -0.2) is 58.9 Å². The molecule has 0 bridgehead atoms. The van der Waals surface area contributed by atoms with E-state index in [2.05, 4.69) is 20.2 Å². The Morgan fingerprint density at radius 2 is 1.80 bits per heavy atom. The van der Waals surface area contributed by atoms with E-state index in [1.54, 1.807) is 6.07 Å². The van der Waals surface area contributed by atoms with Gasteiger partial charge in [0.1, 0.15) is 18.2 Å². The van der Waals surface area contributed by atoms with Gasteiger partial charge in [-0.3, -0.25) is 9.79 Å². The largest absolute Gasteiger partial charge is 0.491 e. The molecule has 1 aromatic heterocycles. The van der Waals surface area contributed by atoms with Crippen LogP contribution in [0.5, 0.6) is 5.75 Å². The molecule has 0 spiro atoms. The van der Waals surface area contributed by atoms with Gasteiger partial charge < -0.3 is 15.0 Å². The van der Waals surface area contributed by atoms with E-state index in [1.165, 1.54) is 24.5 Å². The van der Waals surface area contributed by atoms with E-state index in [-0.39, 0.29) is 17.8 Å². The van der Waals surface area contributed by atoms with Gasteiger partial charge in [-0.1, -0.05) is 18.2 Å². The SMILES string of the molecule is O=C(N[C@@H]1CCN(C2=NCCOc3ccc(-c4ccc(C(F)(F)F)cc4)cc32)C1)c1ncccn1. The number of nitrogens with one attached hydrogen (secondary N) is 1. The summed E-state index contributed by atoms with van der Waals surface area (Å²) < 4.78 is 44.7. The molecule has 0 aliphatic carbocycles. The van der Waals surface area contributed by atoms with Crippen molar-refractivity contribution in [2.75, 3.05) is 26.2 Å². The van der Waals surface area contributed by atoms with Crippen molar-refractivity contribution >= 4 is 11.7 Å². The quantitative estimate of drug-likeness (QED) is 0.616. The number of carbonyl (C=O) groups excluding carboxylic acids is 1. The lowest BCUT2D eigenvalue weighted by Gasteiger charge is -2.22. The summed E-state index contributed by atoms with van der Waals surface area (Å²) in [4.78, 5) is 27.3. The van der Waals surface area contributed by atoms with Gasteiger partial charge in [-0.15, -0.1) is 0 Å². The van der Waals surface area contributed by atoms with Crippen LogP contribution < -0.4 is 10.1 Å². The Balaban J connectivity index is 1.36. The van der Waals surface area contributed by atoms with Crippen molar-refractivity contribution in [1.29, 1.82) is 0 Å². The Labute approximate surface area is 199 Å². The summed E-state index contributed by atoms with van der Waals surface area (Å²) in [6, 6.07) is 12.2. The highest BCUT2D eigenvalue weighted by Crippen LogP contribution is 2.33. The van der Waals surface area contributed by atoms with Crippen LogP contribution in [0.1, 0.15) is 28.2 Å². The lowest BCUT2D eigenvalue weighted by molar-refractivity contribution is -0.137. The average Bonchev–Trinajstić information content (AvgIpc) is 3.21. The van der Waals surface area contributed by atoms with Crippen LogP contribution in [0.3, 0.4) is 0 Å². The highest BCUT2D eigenvalue weighted by molar-refractivity contribution is 6.02. The highest BCUT2D eigenvalue weighted by Gasteiger charge is 2.31. The van der Waals surface area contributed by atoms with E-state index in [0.29, 0.717) is 37.6 Å². The molecule has 1 saturated heterocycles. The standard InChI is InChI=1S/C25H22F3N5O2/c26-25(27,28)18-5-2-16(3-6-18)17-4-7-21-20(14-17)23(31-11-13-35-21)33-12-8-19(15-33)32-24(34)22-29-9-1-10-30-22/h1-7,9-10,14,19H,8,11-13,15H2,(H,32,34)/t19-/m1/s1. The van der Waals surface area contributed by atoms with Crippen LogP contribution in [0.15, 0.2) is 65.9 Å². The summed E-state index contributed by atoms with van der Waals surface area (Å²) >= 11 is 0. The minimum absolute atomic E-state index is 0.0975. The second-order valence-electron chi connectivity index (χ2n) is 8.32. The first kappa shape index (κ1) is 22.8. The van der Waals surface area contributed by atoms with Crippen molar-refractivity contribution in [2.24, 2.45) is 4.99 Å². The number of rotatable bonds is 3. The molecule has 5 rings (SSSR count). The molecule has 1 fully saturated rings. The Bertz CT molecular complexity index is 1250. The Kier molecular flexibility index (Phi) is 6.10. The number of ether oxygens (including phenoxy) is 1. The fourth-order valence-corrected chi connectivity index (χ4v) is 4.26. The van der Waals surface area contributed by atoms with E-state index in [4.69, 9.17) is 9.73 Å². The van der Waals surface area contributed by atoms with Gasteiger partial charge in [0.05, 0.1) is 17.7 Å². The van der Waals surface area contributed by atoms with E-state index in [0.717, 1.165) is 35.5 Å². The molecule has 35 heavy (non-hydrogen) atoms. The first-order valence-electron chi connectivity index (χ1n) is 11.2. The molecular formula is C25H22F3N5O2. The molecule has 0 saturated carbocycles. The van der Waals surface area contributed by atoms with Crippen LogP contribution in [0.25, 0.3) is 11.1 Å². The predicted octanol–water partition coefficient (Wildman–Crippen LogP) is 3.81. The first-order valence-corrected chi connectivity index (χ1v) is 11.2. The first-order chi connectivity index (χ1) is 16.9. The van der Waals surface area contributed by atoms with Crippen LogP contribution in [-0.2, 0) is 6.18 Å². The summed E-state index contributed by atoms with van der Waals surface area (Å²) in [5.41, 5.74) is 1.52. The maximum absolute atomic E-state index is 13.0. The Morgan fingerprint density at radius 1 is 1.06 bits per heavy atom. The van der Waals surface area contributed by atoms with E-state index < -0.39 is 11.7 Å². The van der Waals surface area contributed by atoms with Crippen LogP contribution >= 0.6 is 0 Å². The molecule has 0 radical (unpaired) electrons. The summed E-state index contributed by atoms with van der Waals surface area (Å²) in [5, 5.41) is 2.97. The molecule has 1 atom stereocenters. The Hall–Kier alpha value is -3.95. The Morgan fingerprint density at radius 3 is 2.54 bits per heavy atom. The lowest BCUT2D eigenvalue weighted by Crippen LogP contribution is -2.39. The average molecular weight is 481 g/mol. The molecule has 10 heteroatoms. The molecule has 0 unspecified atom stereocenters. The molecule has 7 nitrogen and oxygen atoms in total. The fraction of sp³-hybridized carbons (Fsp3) is 0.280. The maximum atomic E-state index is 13.0. The van der Waals surface area contributed by atoms with E-state index >= 15 is 0 Å². The number of halogens is 3. The third-order valence-corrected chi connectivity index (χ3v) is 5.97. The molecule has 3 aromatic rings. The van der Waals surface area contributed by atoms with Crippen molar-refractivity contribution in [2.45, 2.75) is 18.6 Å². The minimum Gasteiger partial charge on any atom is -0.491 e. The molecule has 2 aliphatic rings. The lowest BCUT2D eigenvalue weighted by atomic mass is 10.00. The molecule has 3 heterocycles. The zero-order valence-corrected chi connectivity index (χ0v) is 18.6. The van der Waals surface area contributed by atoms with Gasteiger partial charge in [0.2, 0.25) is 5.82 Å². The number of alkyl halides is 3.